The van der Waals surface area contributed by atoms with Crippen LogP contribution in [-0.2, 0) is 4.79 Å². The normalized spacial score (nSPS) is 22.2. The van der Waals surface area contributed by atoms with Gasteiger partial charge in [-0.25, -0.2) is 4.59 Å². The minimum atomic E-state index is -1.15. The number of nitrogens with zero attached hydrogens (tertiary/aromatic N) is 3. The lowest BCUT2D eigenvalue weighted by molar-refractivity contribution is -0.947. The Hall–Kier alpha value is -1.10. The molecule has 172 valence electrons. The number of hydrogen-bond acceptors (Lipinski definition) is 4. The van der Waals surface area contributed by atoms with Crippen molar-refractivity contribution in [2.75, 3.05) is 25.1 Å². The summed E-state index contributed by atoms with van der Waals surface area (Å²) < 4.78 is 0.428. The van der Waals surface area contributed by atoms with Gasteiger partial charge in [-0.1, -0.05) is 46.9 Å². The lowest BCUT2D eigenvalue weighted by Crippen LogP contribution is -3.00. The van der Waals surface area contributed by atoms with Gasteiger partial charge in [0.25, 0.3) is 0 Å². The summed E-state index contributed by atoms with van der Waals surface area (Å²) in [5.41, 5.74) is 4.41. The fourth-order valence-corrected chi connectivity index (χ4v) is 4.80. The molecule has 10 heteroatoms. The van der Waals surface area contributed by atoms with E-state index in [0.29, 0.717) is 25.3 Å². The summed E-state index contributed by atoms with van der Waals surface area (Å²) in [6.45, 7) is 1.70. The highest BCUT2D eigenvalue weighted by Gasteiger charge is 2.43. The number of carbonyl (C=O) groups excluding carboxylic acids is 1. The smallest absolute Gasteiger partial charge is 0.314 e. The van der Waals surface area contributed by atoms with E-state index >= 15 is 0 Å². The molecule has 2 atom stereocenters. The maximum absolute atomic E-state index is 13.2. The van der Waals surface area contributed by atoms with Gasteiger partial charge >= 0.3 is 5.91 Å². The first kappa shape index (κ1) is 25.5. The standard InChI is InChI=1S/C22H23Cl3N4O2.HI/c1-29(11-3-2-4-12-29)27-22(31)19-21(30)20(14-5-7-15(23)8-6-14)28(26-19)18-10-9-16(24)13-17(18)25;/h5-10,13,20-21,30H,2-4,11-12H2,1H3;1H. The van der Waals surface area contributed by atoms with Gasteiger partial charge in [0.2, 0.25) is 0 Å². The molecule has 32 heavy (non-hydrogen) atoms. The number of nitrogens with one attached hydrogen (secondary N) is 1. The van der Waals surface area contributed by atoms with Crippen molar-refractivity contribution in [1.29, 1.82) is 0 Å². The summed E-state index contributed by atoms with van der Waals surface area (Å²) in [7, 11) is 1.99. The van der Waals surface area contributed by atoms with E-state index in [1.807, 2.05) is 19.2 Å². The number of rotatable bonds is 4. The zero-order valence-corrected chi connectivity index (χ0v) is 21.9. The summed E-state index contributed by atoms with van der Waals surface area (Å²) in [4.78, 5) is 13.2. The van der Waals surface area contributed by atoms with Crippen LogP contribution in [0, 0.1) is 0 Å². The SMILES string of the molecule is C[N+]1(NC(=O)C2=NN(c3ccc(Cl)cc3Cl)C(c3ccc(Cl)cc3)C2O)CCCCC1.[I-]. The van der Waals surface area contributed by atoms with Crippen LogP contribution >= 0.6 is 34.8 Å². The van der Waals surface area contributed by atoms with Crippen LogP contribution in [0.15, 0.2) is 47.6 Å². The van der Waals surface area contributed by atoms with Gasteiger partial charge in [-0.05, 0) is 55.2 Å². The molecule has 0 bridgehead atoms. The number of aliphatic hydroxyl groups is 1. The molecule has 4 rings (SSSR count). The van der Waals surface area contributed by atoms with E-state index in [1.54, 1.807) is 35.3 Å². The number of aliphatic hydroxyl groups excluding tert-OH is 1. The van der Waals surface area contributed by atoms with Crippen LogP contribution in [0.5, 0.6) is 0 Å². The number of halogens is 4. The summed E-state index contributed by atoms with van der Waals surface area (Å²) >= 11 is 18.5. The number of amides is 1. The average molecular weight is 610 g/mol. The van der Waals surface area contributed by atoms with Crippen LogP contribution in [0.3, 0.4) is 0 Å². The number of carbonyl (C=O) groups is 1. The first-order chi connectivity index (χ1) is 14.8. The molecule has 6 nitrogen and oxygen atoms in total. The highest BCUT2D eigenvalue weighted by Crippen LogP contribution is 2.40. The third-order valence-corrected chi connectivity index (χ3v) is 6.62. The molecule has 2 unspecified atom stereocenters. The number of hydrogen-bond donors (Lipinski definition) is 2. The second-order valence-electron chi connectivity index (χ2n) is 8.21. The Labute approximate surface area is 219 Å². The lowest BCUT2D eigenvalue weighted by atomic mass is 9.98. The maximum atomic E-state index is 13.2. The Morgan fingerprint density at radius 1 is 1.06 bits per heavy atom. The molecule has 2 N–H and O–H groups in total. The highest BCUT2D eigenvalue weighted by atomic mass is 127. The Balaban J connectivity index is 0.00000289. The lowest BCUT2D eigenvalue weighted by Gasteiger charge is -2.36. The summed E-state index contributed by atoms with van der Waals surface area (Å²) in [5.74, 6) is -0.386. The Kier molecular flexibility index (Phi) is 8.33. The van der Waals surface area contributed by atoms with Gasteiger partial charge in [-0.2, -0.15) is 10.5 Å². The Morgan fingerprint density at radius 2 is 1.69 bits per heavy atom. The topological polar surface area (TPSA) is 64.9 Å². The molecule has 2 aromatic carbocycles. The zero-order chi connectivity index (χ0) is 22.2. The molecular formula is C22H24Cl3IN4O2. The van der Waals surface area contributed by atoms with Crippen LogP contribution in [-0.4, -0.2) is 47.6 Å². The van der Waals surface area contributed by atoms with E-state index in [2.05, 4.69) is 10.5 Å². The van der Waals surface area contributed by atoms with Gasteiger partial charge in [-0.15, -0.1) is 0 Å². The number of quaternary nitrogens is 1. The Bertz CT molecular complexity index is 1010. The molecular weight excluding hydrogens is 586 g/mol. The van der Waals surface area contributed by atoms with E-state index in [9.17, 15) is 9.90 Å². The van der Waals surface area contributed by atoms with Crippen molar-refractivity contribution in [3.05, 3.63) is 63.1 Å². The second kappa shape index (κ2) is 10.4. The van der Waals surface area contributed by atoms with Crippen LogP contribution < -0.4 is 34.4 Å². The van der Waals surface area contributed by atoms with Gasteiger partial charge in [0, 0.05) is 10.0 Å². The van der Waals surface area contributed by atoms with Crippen LogP contribution in [0.25, 0.3) is 0 Å². The van der Waals surface area contributed by atoms with Crippen LogP contribution in [0.2, 0.25) is 15.1 Å². The van der Waals surface area contributed by atoms with E-state index in [1.165, 1.54) is 0 Å². The molecule has 1 saturated heterocycles. The van der Waals surface area contributed by atoms with E-state index in [0.717, 1.165) is 37.9 Å². The largest absolute Gasteiger partial charge is 1.00 e. The number of anilines is 1. The van der Waals surface area contributed by atoms with Crippen LogP contribution in [0.1, 0.15) is 30.9 Å². The molecule has 0 aliphatic carbocycles. The molecule has 1 fully saturated rings. The molecule has 2 heterocycles. The molecule has 0 radical (unpaired) electrons. The van der Waals surface area contributed by atoms with Gasteiger partial charge in [0.05, 0.1) is 17.8 Å². The third kappa shape index (κ3) is 5.34. The monoisotopic (exact) mass is 608 g/mol. The van der Waals surface area contributed by atoms with Crippen molar-refractivity contribution in [3.8, 4) is 0 Å². The van der Waals surface area contributed by atoms with Crippen molar-refractivity contribution in [2.24, 2.45) is 5.10 Å². The van der Waals surface area contributed by atoms with Crippen molar-refractivity contribution in [2.45, 2.75) is 31.4 Å². The van der Waals surface area contributed by atoms with Gasteiger partial charge < -0.3 is 29.1 Å². The molecule has 2 aliphatic rings. The zero-order valence-electron chi connectivity index (χ0n) is 17.4. The molecule has 0 spiro atoms. The number of likely N-dealkylation sites (tertiary alicyclic amines) is 1. The second-order valence-corrected chi connectivity index (χ2v) is 9.49. The maximum Gasteiger partial charge on any atom is 0.314 e. The number of hydrazone groups is 1. The first-order valence-corrected chi connectivity index (χ1v) is 11.3. The molecule has 0 aromatic heterocycles. The summed E-state index contributed by atoms with van der Waals surface area (Å²) in [5, 5.41) is 18.7. The van der Waals surface area contributed by atoms with E-state index < -0.39 is 12.1 Å². The van der Waals surface area contributed by atoms with Gasteiger partial charge in [0.1, 0.15) is 25.2 Å². The quantitative estimate of drug-likeness (QED) is 0.409. The predicted molar refractivity (Wildman–Crippen MR) is 124 cm³/mol. The van der Waals surface area contributed by atoms with Gasteiger partial charge in [-0.3, -0.25) is 9.80 Å². The molecule has 2 aromatic rings. The average Bonchev–Trinajstić information content (AvgIpc) is 3.06. The number of benzene rings is 2. The first-order valence-electron chi connectivity index (χ1n) is 10.2. The van der Waals surface area contributed by atoms with Crippen molar-refractivity contribution in [3.63, 3.8) is 0 Å². The van der Waals surface area contributed by atoms with Crippen LogP contribution in [0.4, 0.5) is 5.69 Å². The third-order valence-electron chi connectivity index (χ3n) is 5.83. The Morgan fingerprint density at radius 3 is 2.31 bits per heavy atom. The predicted octanol–water partition coefficient (Wildman–Crippen LogP) is 1.59. The van der Waals surface area contributed by atoms with Crippen molar-refractivity contribution in [1.82, 2.24) is 5.43 Å². The van der Waals surface area contributed by atoms with Gasteiger partial charge in [0.15, 0.2) is 5.71 Å². The fraction of sp³-hybridized carbons (Fsp3) is 0.364. The highest BCUT2D eigenvalue weighted by molar-refractivity contribution is 6.41. The minimum Gasteiger partial charge on any atom is -1.00 e. The molecule has 1 amide bonds. The molecule has 0 saturated carbocycles. The van der Waals surface area contributed by atoms with E-state index in [-0.39, 0.29) is 35.6 Å². The minimum absolute atomic E-state index is 0. The number of piperidine rings is 1. The van der Waals surface area contributed by atoms with Crippen molar-refractivity contribution < 1.29 is 38.5 Å². The fourth-order valence-electron chi connectivity index (χ4n) is 4.18. The van der Waals surface area contributed by atoms with E-state index in [4.69, 9.17) is 34.8 Å². The summed E-state index contributed by atoms with van der Waals surface area (Å²) in [6.07, 6.45) is 2.11. The summed E-state index contributed by atoms with van der Waals surface area (Å²) in [6, 6.07) is 11.5. The molecule has 2 aliphatic heterocycles. The van der Waals surface area contributed by atoms with Crippen molar-refractivity contribution >= 4 is 52.1 Å².